The molecule has 2 heterocycles. The summed E-state index contributed by atoms with van der Waals surface area (Å²) in [7, 11) is 3.17. The van der Waals surface area contributed by atoms with E-state index in [1.807, 2.05) is 37.3 Å². The Morgan fingerprint density at radius 2 is 1.96 bits per heavy atom. The number of amides is 1. The average molecular weight is 337 g/mol. The van der Waals surface area contributed by atoms with Crippen molar-refractivity contribution >= 4 is 16.8 Å². The van der Waals surface area contributed by atoms with Gasteiger partial charge < -0.3 is 14.8 Å². The molecule has 2 aromatic heterocycles. The molecule has 0 bridgehead atoms. The minimum atomic E-state index is -0.168. The lowest BCUT2D eigenvalue weighted by Crippen LogP contribution is -2.24. The summed E-state index contributed by atoms with van der Waals surface area (Å²) >= 11 is 0. The summed E-state index contributed by atoms with van der Waals surface area (Å²) in [5, 5.41) is 3.80. The molecule has 25 heavy (non-hydrogen) atoms. The number of pyridine rings is 2. The van der Waals surface area contributed by atoms with E-state index in [0.717, 1.165) is 22.2 Å². The Bertz CT molecular complexity index is 925. The van der Waals surface area contributed by atoms with Crippen LogP contribution in [0.4, 0.5) is 0 Å². The zero-order valence-corrected chi connectivity index (χ0v) is 14.4. The SMILES string of the molecule is COc1ccc2cc(C(=O)NCc3ccnc(OC)c3)c(C)nc2c1. The first-order chi connectivity index (χ1) is 12.1. The second kappa shape index (κ2) is 7.17. The van der Waals surface area contributed by atoms with Crippen molar-refractivity contribution < 1.29 is 14.3 Å². The molecule has 1 amide bonds. The Balaban J connectivity index is 1.80. The largest absolute Gasteiger partial charge is 0.497 e. The molecule has 0 unspecified atom stereocenters. The maximum atomic E-state index is 12.5. The number of methoxy groups -OCH3 is 2. The predicted molar refractivity (Wildman–Crippen MR) is 95.0 cm³/mol. The van der Waals surface area contributed by atoms with E-state index in [0.29, 0.717) is 23.7 Å². The quantitative estimate of drug-likeness (QED) is 0.775. The minimum absolute atomic E-state index is 0.168. The molecular weight excluding hydrogens is 318 g/mol. The Kier molecular flexibility index (Phi) is 4.79. The van der Waals surface area contributed by atoms with Gasteiger partial charge in [-0.25, -0.2) is 4.98 Å². The number of aromatic nitrogens is 2. The van der Waals surface area contributed by atoms with E-state index in [4.69, 9.17) is 9.47 Å². The number of benzene rings is 1. The lowest BCUT2D eigenvalue weighted by molar-refractivity contribution is 0.0950. The van der Waals surface area contributed by atoms with Gasteiger partial charge in [0.15, 0.2) is 0 Å². The third-order valence-corrected chi connectivity index (χ3v) is 3.92. The first kappa shape index (κ1) is 16.7. The Labute approximate surface area is 145 Å². The summed E-state index contributed by atoms with van der Waals surface area (Å²) in [6.45, 7) is 2.21. The fourth-order valence-corrected chi connectivity index (χ4v) is 2.55. The van der Waals surface area contributed by atoms with Crippen LogP contribution in [0.15, 0.2) is 42.6 Å². The molecule has 128 valence electrons. The summed E-state index contributed by atoms with van der Waals surface area (Å²) in [5.74, 6) is 1.09. The van der Waals surface area contributed by atoms with Crippen LogP contribution in [0, 0.1) is 6.92 Å². The normalized spacial score (nSPS) is 10.5. The van der Waals surface area contributed by atoms with Gasteiger partial charge in [-0.05, 0) is 36.8 Å². The van der Waals surface area contributed by atoms with Crippen molar-refractivity contribution in [2.75, 3.05) is 14.2 Å². The number of ether oxygens (including phenoxy) is 2. The number of carbonyl (C=O) groups is 1. The Morgan fingerprint density at radius 3 is 2.72 bits per heavy atom. The topological polar surface area (TPSA) is 73.3 Å². The van der Waals surface area contributed by atoms with E-state index in [2.05, 4.69) is 15.3 Å². The summed E-state index contributed by atoms with van der Waals surface area (Å²) in [5.41, 5.74) is 2.94. The zero-order valence-electron chi connectivity index (χ0n) is 14.4. The molecule has 3 rings (SSSR count). The van der Waals surface area contributed by atoms with E-state index in [-0.39, 0.29) is 5.91 Å². The summed E-state index contributed by atoms with van der Waals surface area (Å²) < 4.78 is 10.3. The molecule has 0 spiro atoms. The van der Waals surface area contributed by atoms with Crippen LogP contribution in [0.25, 0.3) is 10.9 Å². The van der Waals surface area contributed by atoms with Gasteiger partial charge in [0.05, 0.1) is 31.0 Å². The van der Waals surface area contributed by atoms with Crippen LogP contribution in [-0.2, 0) is 6.54 Å². The van der Waals surface area contributed by atoms with Crippen molar-refractivity contribution in [3.63, 3.8) is 0 Å². The van der Waals surface area contributed by atoms with Gasteiger partial charge in [0.1, 0.15) is 5.75 Å². The molecule has 3 aromatic rings. The zero-order chi connectivity index (χ0) is 17.8. The van der Waals surface area contributed by atoms with Crippen LogP contribution < -0.4 is 14.8 Å². The monoisotopic (exact) mass is 337 g/mol. The van der Waals surface area contributed by atoms with E-state index in [1.165, 1.54) is 0 Å². The highest BCUT2D eigenvalue weighted by Crippen LogP contribution is 2.21. The molecule has 0 atom stereocenters. The molecule has 0 aliphatic carbocycles. The van der Waals surface area contributed by atoms with Gasteiger partial charge in [0.2, 0.25) is 5.88 Å². The highest BCUT2D eigenvalue weighted by atomic mass is 16.5. The van der Waals surface area contributed by atoms with Gasteiger partial charge in [-0.2, -0.15) is 0 Å². The van der Waals surface area contributed by atoms with Crippen molar-refractivity contribution in [2.45, 2.75) is 13.5 Å². The minimum Gasteiger partial charge on any atom is -0.497 e. The van der Waals surface area contributed by atoms with Crippen LogP contribution in [0.1, 0.15) is 21.6 Å². The second-order valence-electron chi connectivity index (χ2n) is 5.57. The Morgan fingerprint density at radius 1 is 1.12 bits per heavy atom. The lowest BCUT2D eigenvalue weighted by atomic mass is 10.1. The number of rotatable bonds is 5. The number of nitrogens with one attached hydrogen (secondary N) is 1. The molecule has 0 aliphatic heterocycles. The Hall–Kier alpha value is -3.15. The molecule has 0 radical (unpaired) electrons. The molecule has 6 nitrogen and oxygen atoms in total. The van der Waals surface area contributed by atoms with Crippen LogP contribution in [0.2, 0.25) is 0 Å². The van der Waals surface area contributed by atoms with Crippen LogP contribution >= 0.6 is 0 Å². The van der Waals surface area contributed by atoms with Crippen LogP contribution in [0.3, 0.4) is 0 Å². The molecule has 0 saturated carbocycles. The molecule has 0 fully saturated rings. The molecule has 6 heteroatoms. The maximum absolute atomic E-state index is 12.5. The number of hydrogen-bond acceptors (Lipinski definition) is 5. The molecule has 1 N–H and O–H groups in total. The van der Waals surface area contributed by atoms with Crippen LogP contribution in [-0.4, -0.2) is 30.1 Å². The van der Waals surface area contributed by atoms with Crippen molar-refractivity contribution in [3.8, 4) is 11.6 Å². The highest BCUT2D eigenvalue weighted by Gasteiger charge is 2.12. The van der Waals surface area contributed by atoms with Crippen LogP contribution in [0.5, 0.6) is 11.6 Å². The van der Waals surface area contributed by atoms with E-state index in [1.54, 1.807) is 26.5 Å². The van der Waals surface area contributed by atoms with E-state index in [9.17, 15) is 4.79 Å². The summed E-state index contributed by atoms with van der Waals surface area (Å²) in [4.78, 5) is 21.1. The number of carbonyl (C=O) groups excluding carboxylic acids is 1. The first-order valence-electron chi connectivity index (χ1n) is 7.83. The fourth-order valence-electron chi connectivity index (χ4n) is 2.55. The van der Waals surface area contributed by atoms with Crippen molar-refractivity contribution in [1.29, 1.82) is 0 Å². The highest BCUT2D eigenvalue weighted by molar-refractivity contribution is 5.98. The molecule has 1 aromatic carbocycles. The predicted octanol–water partition coefficient (Wildman–Crippen LogP) is 2.89. The van der Waals surface area contributed by atoms with Gasteiger partial charge >= 0.3 is 0 Å². The smallest absolute Gasteiger partial charge is 0.253 e. The number of fused-ring (bicyclic) bond motifs is 1. The molecule has 0 aliphatic rings. The van der Waals surface area contributed by atoms with E-state index >= 15 is 0 Å². The maximum Gasteiger partial charge on any atom is 0.253 e. The van der Waals surface area contributed by atoms with Gasteiger partial charge in [0, 0.05) is 30.3 Å². The first-order valence-corrected chi connectivity index (χ1v) is 7.83. The van der Waals surface area contributed by atoms with Gasteiger partial charge in [-0.15, -0.1) is 0 Å². The van der Waals surface area contributed by atoms with Crippen molar-refractivity contribution in [2.24, 2.45) is 0 Å². The summed E-state index contributed by atoms with van der Waals surface area (Å²) in [6, 6.07) is 11.1. The van der Waals surface area contributed by atoms with E-state index < -0.39 is 0 Å². The lowest BCUT2D eigenvalue weighted by Gasteiger charge is -2.10. The molecule has 0 saturated heterocycles. The van der Waals surface area contributed by atoms with Gasteiger partial charge in [-0.3, -0.25) is 9.78 Å². The average Bonchev–Trinajstić information content (AvgIpc) is 2.65. The standard InChI is InChI=1S/C19H19N3O3/c1-12-16(9-14-4-5-15(24-2)10-17(14)22-12)19(23)21-11-13-6-7-20-18(8-13)25-3/h4-10H,11H2,1-3H3,(H,21,23). The van der Waals surface area contributed by atoms with Gasteiger partial charge in [-0.1, -0.05) is 0 Å². The van der Waals surface area contributed by atoms with Gasteiger partial charge in [0.25, 0.3) is 5.91 Å². The fraction of sp³-hybridized carbons (Fsp3) is 0.211. The second-order valence-corrected chi connectivity index (χ2v) is 5.57. The van der Waals surface area contributed by atoms with Crippen molar-refractivity contribution in [3.05, 3.63) is 59.4 Å². The molecular formula is C19H19N3O3. The number of nitrogens with zero attached hydrogens (tertiary/aromatic N) is 2. The number of aryl methyl sites for hydroxylation is 1. The third-order valence-electron chi connectivity index (χ3n) is 3.92. The summed E-state index contributed by atoms with van der Waals surface area (Å²) in [6.07, 6.45) is 1.65. The van der Waals surface area contributed by atoms with Crippen molar-refractivity contribution in [1.82, 2.24) is 15.3 Å². The third kappa shape index (κ3) is 3.68. The number of hydrogen-bond donors (Lipinski definition) is 1.